The zero-order valence-corrected chi connectivity index (χ0v) is 18.5. The molecule has 31 heavy (non-hydrogen) atoms. The van der Waals surface area contributed by atoms with Crippen molar-refractivity contribution in [3.8, 4) is 0 Å². The van der Waals surface area contributed by atoms with E-state index in [1.54, 1.807) is 23.1 Å². The summed E-state index contributed by atoms with van der Waals surface area (Å²) in [5.74, 6) is -0.998. The minimum atomic E-state index is -0.722. The molecule has 1 amide bonds. The standard InChI is InChI=1S/C23H20Cl2FNO4/c1-12(2)30-9-3-8-27-20(13-4-6-16(24)17(25)10-13)19-21(28)15-11-14(26)5-7-18(15)31-22(19)23(27)29/h4-7,10-12,20H,3,8-9H2,1-2H3/t20-/m0/s1. The van der Waals surface area contributed by atoms with Crippen LogP contribution in [-0.4, -0.2) is 30.1 Å². The molecule has 8 heteroatoms. The second-order valence-electron chi connectivity index (χ2n) is 7.66. The van der Waals surface area contributed by atoms with Gasteiger partial charge in [0.05, 0.1) is 33.1 Å². The fourth-order valence-electron chi connectivity index (χ4n) is 3.81. The van der Waals surface area contributed by atoms with Crippen LogP contribution in [-0.2, 0) is 4.74 Å². The summed E-state index contributed by atoms with van der Waals surface area (Å²) in [6.45, 7) is 4.66. The number of carbonyl (C=O) groups excluding carboxylic acids is 1. The largest absolute Gasteiger partial charge is 0.450 e. The SMILES string of the molecule is CC(C)OCCCN1C(=O)c2oc3ccc(F)cc3c(=O)c2[C@@H]1c1ccc(Cl)c(Cl)c1. The maximum absolute atomic E-state index is 13.8. The molecule has 3 aromatic rings. The lowest BCUT2D eigenvalue weighted by Crippen LogP contribution is -2.31. The van der Waals surface area contributed by atoms with Gasteiger partial charge in [-0.05, 0) is 56.2 Å². The lowest BCUT2D eigenvalue weighted by atomic mass is 9.98. The van der Waals surface area contributed by atoms with E-state index in [1.807, 2.05) is 13.8 Å². The van der Waals surface area contributed by atoms with Gasteiger partial charge in [-0.15, -0.1) is 0 Å². The second-order valence-corrected chi connectivity index (χ2v) is 8.48. The fourth-order valence-corrected chi connectivity index (χ4v) is 4.11. The van der Waals surface area contributed by atoms with Crippen LogP contribution in [0.25, 0.3) is 11.0 Å². The van der Waals surface area contributed by atoms with Gasteiger partial charge in [-0.3, -0.25) is 9.59 Å². The molecular formula is C23H20Cl2FNO4. The summed E-state index contributed by atoms with van der Waals surface area (Å²) in [4.78, 5) is 28.1. The Morgan fingerprint density at radius 2 is 1.90 bits per heavy atom. The third kappa shape index (κ3) is 4.07. The van der Waals surface area contributed by atoms with E-state index in [4.69, 9.17) is 32.4 Å². The van der Waals surface area contributed by atoms with Gasteiger partial charge in [0, 0.05) is 13.2 Å². The summed E-state index contributed by atoms with van der Waals surface area (Å²) in [5, 5.41) is 0.750. The number of hydrogen-bond acceptors (Lipinski definition) is 4. The van der Waals surface area contributed by atoms with Gasteiger partial charge in [0.2, 0.25) is 5.76 Å². The first kappa shape index (κ1) is 21.8. The predicted molar refractivity (Wildman–Crippen MR) is 117 cm³/mol. The minimum absolute atomic E-state index is 0.0371. The quantitative estimate of drug-likeness (QED) is 0.446. The van der Waals surface area contributed by atoms with E-state index in [-0.39, 0.29) is 28.4 Å². The Balaban J connectivity index is 1.84. The Hall–Kier alpha value is -2.41. The summed E-state index contributed by atoms with van der Waals surface area (Å²) in [5.41, 5.74) is 0.512. The average Bonchev–Trinajstić information content (AvgIpc) is 3.00. The Bertz CT molecular complexity index is 1220. The molecule has 5 nitrogen and oxygen atoms in total. The first-order valence-electron chi connectivity index (χ1n) is 9.91. The van der Waals surface area contributed by atoms with Crippen LogP contribution in [0, 0.1) is 5.82 Å². The van der Waals surface area contributed by atoms with Crippen LogP contribution in [0.3, 0.4) is 0 Å². The zero-order valence-electron chi connectivity index (χ0n) is 17.0. The van der Waals surface area contributed by atoms with Crippen molar-refractivity contribution < 1.29 is 18.3 Å². The monoisotopic (exact) mass is 463 g/mol. The van der Waals surface area contributed by atoms with Gasteiger partial charge >= 0.3 is 0 Å². The van der Waals surface area contributed by atoms with Gasteiger partial charge in [-0.1, -0.05) is 29.3 Å². The summed E-state index contributed by atoms with van der Waals surface area (Å²) in [7, 11) is 0. The van der Waals surface area contributed by atoms with Crippen LogP contribution >= 0.6 is 23.2 Å². The highest BCUT2D eigenvalue weighted by molar-refractivity contribution is 6.42. The Kier molecular flexibility index (Phi) is 6.06. The van der Waals surface area contributed by atoms with Crippen LogP contribution in [0.2, 0.25) is 10.0 Å². The van der Waals surface area contributed by atoms with Crippen LogP contribution in [0.1, 0.15) is 48.0 Å². The third-order valence-corrected chi connectivity index (χ3v) is 5.92. The van der Waals surface area contributed by atoms with Gasteiger partial charge in [0.25, 0.3) is 5.91 Å². The second kappa shape index (κ2) is 8.61. The summed E-state index contributed by atoms with van der Waals surface area (Å²) in [6.07, 6.45) is 0.638. The molecule has 0 bridgehead atoms. The van der Waals surface area contributed by atoms with Crippen molar-refractivity contribution in [2.24, 2.45) is 0 Å². The molecular weight excluding hydrogens is 444 g/mol. The molecule has 1 aliphatic heterocycles. The molecule has 0 saturated carbocycles. The van der Waals surface area contributed by atoms with Crippen molar-refractivity contribution in [1.29, 1.82) is 0 Å². The van der Waals surface area contributed by atoms with Crippen LogP contribution < -0.4 is 5.43 Å². The highest BCUT2D eigenvalue weighted by Crippen LogP contribution is 2.39. The van der Waals surface area contributed by atoms with Gasteiger partial charge in [-0.25, -0.2) is 4.39 Å². The molecule has 0 N–H and O–H groups in total. The first-order chi connectivity index (χ1) is 14.8. The van der Waals surface area contributed by atoms with Crippen molar-refractivity contribution in [2.45, 2.75) is 32.4 Å². The Morgan fingerprint density at radius 1 is 1.13 bits per heavy atom. The van der Waals surface area contributed by atoms with Crippen LogP contribution in [0.4, 0.5) is 4.39 Å². The number of fused-ring (bicyclic) bond motifs is 2. The predicted octanol–water partition coefficient (Wildman–Crippen LogP) is 5.60. The number of rotatable bonds is 6. The number of nitrogens with zero attached hydrogens (tertiary/aromatic N) is 1. The molecule has 2 heterocycles. The number of carbonyl (C=O) groups is 1. The van der Waals surface area contributed by atoms with E-state index < -0.39 is 23.2 Å². The van der Waals surface area contributed by atoms with Gasteiger partial charge < -0.3 is 14.1 Å². The highest BCUT2D eigenvalue weighted by Gasteiger charge is 2.42. The molecule has 0 aliphatic carbocycles. The zero-order chi connectivity index (χ0) is 22.3. The average molecular weight is 464 g/mol. The van der Waals surface area contributed by atoms with E-state index in [2.05, 4.69) is 0 Å². The normalized spacial score (nSPS) is 15.9. The van der Waals surface area contributed by atoms with E-state index in [0.29, 0.717) is 35.2 Å². The number of amides is 1. The van der Waals surface area contributed by atoms with Crippen molar-refractivity contribution in [3.63, 3.8) is 0 Å². The lowest BCUT2D eigenvalue weighted by Gasteiger charge is -2.25. The number of hydrogen-bond donors (Lipinski definition) is 0. The summed E-state index contributed by atoms with van der Waals surface area (Å²) < 4.78 is 25.2. The summed E-state index contributed by atoms with van der Waals surface area (Å²) in [6, 6.07) is 7.90. The molecule has 1 atom stereocenters. The highest BCUT2D eigenvalue weighted by atomic mass is 35.5. The van der Waals surface area contributed by atoms with E-state index >= 15 is 0 Å². The van der Waals surface area contributed by atoms with Crippen molar-refractivity contribution in [3.05, 3.63) is 79.4 Å². The molecule has 1 aromatic heterocycles. The molecule has 2 aromatic carbocycles. The lowest BCUT2D eigenvalue weighted by molar-refractivity contribution is 0.0593. The van der Waals surface area contributed by atoms with Crippen molar-refractivity contribution in [1.82, 2.24) is 4.90 Å². The van der Waals surface area contributed by atoms with Gasteiger partial charge in [0.1, 0.15) is 11.4 Å². The van der Waals surface area contributed by atoms with Crippen LogP contribution in [0.15, 0.2) is 45.6 Å². The molecule has 1 aliphatic rings. The van der Waals surface area contributed by atoms with E-state index in [1.165, 1.54) is 12.1 Å². The maximum atomic E-state index is 13.8. The third-order valence-electron chi connectivity index (χ3n) is 5.18. The molecule has 0 fully saturated rings. The first-order valence-corrected chi connectivity index (χ1v) is 10.7. The molecule has 0 spiro atoms. The van der Waals surface area contributed by atoms with Gasteiger partial charge in [-0.2, -0.15) is 0 Å². The number of ether oxygens (including phenoxy) is 1. The smallest absolute Gasteiger partial charge is 0.290 e. The Morgan fingerprint density at radius 3 is 2.61 bits per heavy atom. The van der Waals surface area contributed by atoms with Crippen molar-refractivity contribution >= 4 is 40.1 Å². The fraction of sp³-hybridized carbons (Fsp3) is 0.304. The van der Waals surface area contributed by atoms with Crippen LogP contribution in [0.5, 0.6) is 0 Å². The van der Waals surface area contributed by atoms with Gasteiger partial charge in [0.15, 0.2) is 5.43 Å². The minimum Gasteiger partial charge on any atom is -0.450 e. The van der Waals surface area contributed by atoms with E-state index in [0.717, 1.165) is 6.07 Å². The maximum Gasteiger partial charge on any atom is 0.290 e. The summed E-state index contributed by atoms with van der Waals surface area (Å²) >= 11 is 12.3. The molecule has 4 rings (SSSR count). The topological polar surface area (TPSA) is 59.8 Å². The molecule has 0 radical (unpaired) electrons. The molecule has 0 unspecified atom stereocenters. The van der Waals surface area contributed by atoms with E-state index in [9.17, 15) is 14.0 Å². The molecule has 0 saturated heterocycles. The van der Waals surface area contributed by atoms with Crippen molar-refractivity contribution in [2.75, 3.05) is 13.2 Å². The Labute approximate surface area is 188 Å². The number of benzene rings is 2. The molecule has 162 valence electrons. The number of halogens is 3.